The van der Waals surface area contributed by atoms with E-state index in [1.165, 1.54) is 14.2 Å². The van der Waals surface area contributed by atoms with Gasteiger partial charge in [-0.15, -0.1) is 0 Å². The molecular weight excluding hydrogens is 397 g/mol. The van der Waals surface area contributed by atoms with Crippen molar-refractivity contribution in [2.45, 2.75) is 8.44 Å². The van der Waals surface area contributed by atoms with Gasteiger partial charge in [0.1, 0.15) is 0 Å². The molecule has 0 spiro atoms. The number of methoxy groups -OCH3 is 2. The predicted octanol–water partition coefficient (Wildman–Crippen LogP) is -0.578. The Labute approximate surface area is 107 Å². The number of hydrogen-bond donors (Lipinski definition) is 0. The van der Waals surface area contributed by atoms with Gasteiger partial charge in [0.15, 0.2) is 0 Å². The van der Waals surface area contributed by atoms with E-state index in [-0.39, 0.29) is 41.9 Å². The van der Waals surface area contributed by atoms with E-state index in [0.29, 0.717) is 26.5 Å². The molecule has 0 radical (unpaired) electrons. The Bertz CT molecular complexity index is 285. The third-order valence-corrected chi connectivity index (χ3v) is 14.8. The Balaban J connectivity index is 2.92. The first-order valence-corrected chi connectivity index (χ1v) is 10.3. The van der Waals surface area contributed by atoms with Crippen LogP contribution >= 0.6 is 0 Å². The average Bonchev–Trinajstić information content (AvgIpc) is 2.70. The molecule has 0 N–H and O–H groups in total. The van der Waals surface area contributed by atoms with Crippen molar-refractivity contribution < 1.29 is 19.1 Å². The zero-order valence-electron chi connectivity index (χ0n) is 8.44. The molecule has 0 unspecified atom stereocenters. The molecule has 0 amide bonds. The number of carbonyl (C=O) groups excluding carboxylic acids is 2. The van der Waals surface area contributed by atoms with Crippen LogP contribution in [0.5, 0.6) is 0 Å². The van der Waals surface area contributed by atoms with Crippen LogP contribution < -0.4 is 0 Å². The Morgan fingerprint density at radius 1 is 1.13 bits per heavy atom. The van der Waals surface area contributed by atoms with E-state index in [4.69, 9.17) is 0 Å². The zero-order chi connectivity index (χ0) is 11.4. The monoisotopic (exact) mass is 410 g/mol. The van der Waals surface area contributed by atoms with Crippen LogP contribution in [0.4, 0.5) is 0 Å². The third kappa shape index (κ3) is 3.10. The summed E-state index contributed by atoms with van der Waals surface area (Å²) in [6, 6.07) is 0. The van der Waals surface area contributed by atoms with E-state index in [1.807, 2.05) is 0 Å². The van der Waals surface area contributed by atoms with Gasteiger partial charge in [-0.3, -0.25) is 0 Å². The van der Waals surface area contributed by atoms with Gasteiger partial charge < -0.3 is 0 Å². The molecule has 1 aliphatic rings. The van der Waals surface area contributed by atoms with Gasteiger partial charge in [0.05, 0.1) is 0 Å². The van der Waals surface area contributed by atoms with Crippen LogP contribution in [0.15, 0.2) is 8.94 Å². The van der Waals surface area contributed by atoms with E-state index in [9.17, 15) is 9.59 Å². The van der Waals surface area contributed by atoms with Crippen molar-refractivity contribution in [2.75, 3.05) is 14.2 Å². The molecule has 1 heterocycles. The second kappa shape index (κ2) is 6.09. The fourth-order valence-electron chi connectivity index (χ4n) is 0.887. The molecular formula is C8H10O4Se3. The van der Waals surface area contributed by atoms with E-state index in [0.717, 1.165) is 0 Å². The molecule has 7 heteroatoms. The van der Waals surface area contributed by atoms with Crippen molar-refractivity contribution in [2.24, 2.45) is 0 Å². The second-order valence-corrected chi connectivity index (χ2v) is 13.6. The van der Waals surface area contributed by atoms with Crippen molar-refractivity contribution in [3.63, 3.8) is 0 Å². The second-order valence-electron chi connectivity index (χ2n) is 2.40. The summed E-state index contributed by atoms with van der Waals surface area (Å²) < 4.78 is 11.1. The molecule has 4 nitrogen and oxygen atoms in total. The Kier molecular flexibility index (Phi) is 5.40. The summed E-state index contributed by atoms with van der Waals surface area (Å²) >= 11 is 0.659. The van der Waals surface area contributed by atoms with E-state index in [2.05, 4.69) is 15.3 Å². The summed E-state index contributed by atoms with van der Waals surface area (Å²) in [7, 11) is 2.69. The number of carbonyl (C=O) groups is 2. The summed E-state index contributed by atoms with van der Waals surface area (Å²) in [5.41, 5.74) is 0. The van der Waals surface area contributed by atoms with Crippen LogP contribution in [0.1, 0.15) is 0 Å². The van der Waals surface area contributed by atoms with E-state index < -0.39 is 0 Å². The SMILES string of the molecule is COC(=O)C1=C(C(=O)OC)[Se]C([Se]C)[Se]1. The Morgan fingerprint density at radius 3 is 1.80 bits per heavy atom. The molecule has 84 valence electrons. The van der Waals surface area contributed by atoms with Gasteiger partial charge in [-0.05, 0) is 0 Å². The van der Waals surface area contributed by atoms with Crippen LogP contribution in [-0.4, -0.2) is 71.0 Å². The number of ether oxygens (including phenoxy) is 2. The first kappa shape index (κ1) is 13.3. The molecule has 0 saturated carbocycles. The van der Waals surface area contributed by atoms with Gasteiger partial charge in [-0.1, -0.05) is 0 Å². The molecule has 1 rings (SSSR count). The summed E-state index contributed by atoms with van der Waals surface area (Å²) in [4.78, 5) is 22.9. The number of hydrogen-bond acceptors (Lipinski definition) is 4. The molecule has 1 aliphatic heterocycles. The van der Waals surface area contributed by atoms with Crippen molar-refractivity contribution in [1.29, 1.82) is 0 Å². The average molecular weight is 407 g/mol. The first-order chi connectivity index (χ1) is 7.13. The quantitative estimate of drug-likeness (QED) is 0.465. The Hall–Kier alpha value is 0.238. The van der Waals surface area contributed by atoms with Crippen molar-refractivity contribution in [1.82, 2.24) is 0 Å². The first-order valence-electron chi connectivity index (χ1n) is 3.91. The molecule has 0 aliphatic carbocycles. The minimum absolute atomic E-state index is 0.0887. The number of rotatable bonds is 3. The third-order valence-electron chi connectivity index (χ3n) is 1.57. The van der Waals surface area contributed by atoms with E-state index in [1.54, 1.807) is 0 Å². The van der Waals surface area contributed by atoms with Gasteiger partial charge in [0.2, 0.25) is 0 Å². The van der Waals surface area contributed by atoms with Crippen LogP contribution in [0, 0.1) is 0 Å². The molecule has 0 fully saturated rings. The normalized spacial score (nSPS) is 16.7. The Morgan fingerprint density at radius 2 is 1.53 bits per heavy atom. The van der Waals surface area contributed by atoms with Crippen LogP contribution in [0.3, 0.4) is 0 Å². The van der Waals surface area contributed by atoms with Gasteiger partial charge in [0, 0.05) is 0 Å². The maximum atomic E-state index is 11.5. The van der Waals surface area contributed by atoms with Crippen molar-refractivity contribution in [3.8, 4) is 0 Å². The van der Waals surface area contributed by atoms with Crippen LogP contribution in [-0.2, 0) is 19.1 Å². The van der Waals surface area contributed by atoms with Gasteiger partial charge in [0.25, 0.3) is 0 Å². The van der Waals surface area contributed by atoms with Gasteiger partial charge >= 0.3 is 107 Å². The minimum atomic E-state index is -0.357. The zero-order valence-corrected chi connectivity index (χ0v) is 13.6. The molecule has 0 atom stereocenters. The summed E-state index contributed by atoms with van der Waals surface area (Å²) in [6.07, 6.45) is 0. The summed E-state index contributed by atoms with van der Waals surface area (Å²) in [5, 5.41) is 0. The molecule has 0 aromatic heterocycles. The topological polar surface area (TPSA) is 52.6 Å². The van der Waals surface area contributed by atoms with Gasteiger partial charge in [-0.25, -0.2) is 0 Å². The van der Waals surface area contributed by atoms with Crippen molar-refractivity contribution in [3.05, 3.63) is 8.94 Å². The fraction of sp³-hybridized carbons (Fsp3) is 0.500. The molecule has 0 bridgehead atoms. The van der Waals surface area contributed by atoms with Crippen LogP contribution in [0.2, 0.25) is 8.44 Å². The van der Waals surface area contributed by atoms with E-state index >= 15 is 0 Å². The van der Waals surface area contributed by atoms with Crippen molar-refractivity contribution >= 4 is 56.8 Å². The van der Waals surface area contributed by atoms with Crippen LogP contribution in [0.25, 0.3) is 0 Å². The number of esters is 2. The summed E-state index contributed by atoms with van der Waals surface area (Å²) in [5.74, 6) is 1.42. The standard InChI is InChI=1S/C8H10O4Se3/c1-11-6(9)4-5(7(10)12-2)15-8(13-3)14-4/h8H,1-3H3. The maximum absolute atomic E-state index is 11.5. The molecule has 0 aromatic carbocycles. The predicted molar refractivity (Wildman–Crippen MR) is 57.9 cm³/mol. The summed E-state index contributed by atoms with van der Waals surface area (Å²) in [6.45, 7) is 0. The molecule has 0 saturated heterocycles. The fourth-order valence-corrected chi connectivity index (χ4v) is 11.6. The molecule has 0 aromatic rings. The van der Waals surface area contributed by atoms with Gasteiger partial charge in [-0.2, -0.15) is 0 Å². The molecule has 15 heavy (non-hydrogen) atoms.